The number of Topliss-reactive ketones (excluding diaryl/α,β-unsaturated/α-hetero) is 1. The zero-order valence-electron chi connectivity index (χ0n) is 16.5. The molecule has 3 rings (SSSR count). The summed E-state index contributed by atoms with van der Waals surface area (Å²) in [6, 6.07) is 17.8. The van der Waals surface area contributed by atoms with Gasteiger partial charge < -0.3 is 9.84 Å². The molecule has 0 aliphatic heterocycles. The van der Waals surface area contributed by atoms with E-state index >= 15 is 0 Å². The number of ether oxygens (including phenoxy) is 1. The average molecular weight is 377 g/mol. The van der Waals surface area contributed by atoms with Crippen LogP contribution in [0.2, 0.25) is 0 Å². The molecule has 0 atom stereocenters. The molecule has 146 valence electrons. The zero-order valence-corrected chi connectivity index (χ0v) is 16.5. The molecule has 0 amide bonds. The Labute approximate surface area is 166 Å². The van der Waals surface area contributed by atoms with Crippen molar-refractivity contribution in [2.24, 2.45) is 10.4 Å². The van der Waals surface area contributed by atoms with E-state index in [0.29, 0.717) is 30.7 Å². The van der Waals surface area contributed by atoms with Crippen LogP contribution in [0.4, 0.5) is 5.69 Å². The summed E-state index contributed by atoms with van der Waals surface area (Å²) in [4.78, 5) is 16.6. The molecule has 0 spiro atoms. The van der Waals surface area contributed by atoms with Crippen LogP contribution in [0, 0.1) is 5.41 Å². The molecule has 0 radical (unpaired) electrons. The smallest absolute Gasteiger partial charge is 0.168 e. The lowest BCUT2D eigenvalue weighted by molar-refractivity contribution is -0.117. The molecule has 0 bridgehead atoms. The van der Waals surface area contributed by atoms with Gasteiger partial charge in [0.2, 0.25) is 0 Å². The number of aryl methyl sites for hydroxylation is 1. The monoisotopic (exact) mass is 377 g/mol. The van der Waals surface area contributed by atoms with Crippen LogP contribution in [0.5, 0.6) is 5.75 Å². The van der Waals surface area contributed by atoms with Crippen molar-refractivity contribution in [1.29, 1.82) is 0 Å². The Balaban J connectivity index is 1.57. The molecular formula is C24H27NO3. The largest absolute Gasteiger partial charge is 0.511 e. The second-order valence-corrected chi connectivity index (χ2v) is 7.99. The summed E-state index contributed by atoms with van der Waals surface area (Å²) in [6.45, 7) is 4.59. The Kier molecular flexibility index (Phi) is 6.30. The number of aliphatic hydroxyl groups excluding tert-OH is 1. The van der Waals surface area contributed by atoms with Crippen LogP contribution in [0.25, 0.3) is 0 Å². The van der Waals surface area contributed by atoms with Crippen LogP contribution in [0.3, 0.4) is 0 Å². The maximum atomic E-state index is 12.3. The first-order valence-corrected chi connectivity index (χ1v) is 9.69. The van der Waals surface area contributed by atoms with E-state index < -0.39 is 0 Å². The Morgan fingerprint density at radius 2 is 1.89 bits per heavy atom. The van der Waals surface area contributed by atoms with Gasteiger partial charge in [0.05, 0.1) is 17.9 Å². The fourth-order valence-corrected chi connectivity index (χ4v) is 3.35. The van der Waals surface area contributed by atoms with Gasteiger partial charge in [0.25, 0.3) is 0 Å². The first-order chi connectivity index (χ1) is 13.4. The predicted octanol–water partition coefficient (Wildman–Crippen LogP) is 5.60. The van der Waals surface area contributed by atoms with Crippen LogP contribution < -0.4 is 4.74 Å². The molecule has 0 heterocycles. The van der Waals surface area contributed by atoms with Crippen molar-refractivity contribution in [2.75, 3.05) is 6.61 Å². The van der Waals surface area contributed by atoms with Gasteiger partial charge in [0.15, 0.2) is 5.78 Å². The fourth-order valence-electron chi connectivity index (χ4n) is 3.35. The summed E-state index contributed by atoms with van der Waals surface area (Å²) in [6.07, 6.45) is 4.29. The standard InChI is InChI=1S/C24H27NO3/c1-24(2)15-22(26)21(23(27)16-24)17-25-19-11-6-12-20(14-19)28-13-7-10-18-8-4-3-5-9-18/h3-6,8-9,11-12,14,17,26H,7,10,13,15-16H2,1-2H3. The maximum Gasteiger partial charge on any atom is 0.168 e. The number of hydrogen-bond donors (Lipinski definition) is 1. The van der Waals surface area contributed by atoms with Crippen LogP contribution >= 0.6 is 0 Å². The first-order valence-electron chi connectivity index (χ1n) is 9.69. The number of carbonyl (C=O) groups excluding carboxylic acids is 1. The number of aliphatic hydroxyl groups is 1. The highest BCUT2D eigenvalue weighted by Crippen LogP contribution is 2.35. The summed E-state index contributed by atoms with van der Waals surface area (Å²) in [5, 5.41) is 10.2. The molecule has 28 heavy (non-hydrogen) atoms. The van der Waals surface area contributed by atoms with Crippen molar-refractivity contribution >= 4 is 17.7 Å². The van der Waals surface area contributed by atoms with E-state index in [4.69, 9.17) is 4.74 Å². The molecule has 0 saturated heterocycles. The van der Waals surface area contributed by atoms with Crippen LogP contribution in [-0.4, -0.2) is 23.7 Å². The molecule has 1 aliphatic rings. The number of aliphatic imine (C=N–C) groups is 1. The van der Waals surface area contributed by atoms with Crippen molar-refractivity contribution in [3.05, 3.63) is 71.5 Å². The van der Waals surface area contributed by atoms with E-state index in [2.05, 4.69) is 17.1 Å². The maximum absolute atomic E-state index is 12.3. The summed E-state index contributed by atoms with van der Waals surface area (Å²) in [7, 11) is 0. The van der Waals surface area contributed by atoms with Crippen molar-refractivity contribution < 1.29 is 14.6 Å². The summed E-state index contributed by atoms with van der Waals surface area (Å²) in [5.74, 6) is 0.807. The molecule has 0 aromatic heterocycles. The average Bonchev–Trinajstić information content (AvgIpc) is 2.65. The van der Waals surface area contributed by atoms with Crippen molar-refractivity contribution in [3.8, 4) is 5.75 Å². The summed E-state index contributed by atoms with van der Waals surface area (Å²) >= 11 is 0. The van der Waals surface area contributed by atoms with E-state index in [0.717, 1.165) is 18.6 Å². The van der Waals surface area contributed by atoms with Crippen molar-refractivity contribution in [2.45, 2.75) is 39.5 Å². The van der Waals surface area contributed by atoms with Crippen molar-refractivity contribution in [3.63, 3.8) is 0 Å². The molecule has 2 aromatic carbocycles. The zero-order chi connectivity index (χ0) is 20.0. The molecule has 1 N–H and O–H groups in total. The lowest BCUT2D eigenvalue weighted by Crippen LogP contribution is -2.26. The lowest BCUT2D eigenvalue weighted by Gasteiger charge is -2.28. The van der Waals surface area contributed by atoms with Gasteiger partial charge in [-0.2, -0.15) is 0 Å². The van der Waals surface area contributed by atoms with Gasteiger partial charge in [-0.05, 0) is 36.0 Å². The van der Waals surface area contributed by atoms with Crippen LogP contribution in [0.1, 0.15) is 38.7 Å². The van der Waals surface area contributed by atoms with Crippen LogP contribution in [-0.2, 0) is 11.2 Å². The lowest BCUT2D eigenvalue weighted by atomic mass is 9.77. The molecule has 0 unspecified atom stereocenters. The van der Waals surface area contributed by atoms with Gasteiger partial charge in [0.1, 0.15) is 11.5 Å². The van der Waals surface area contributed by atoms with E-state index in [1.807, 2.05) is 56.3 Å². The molecule has 1 aliphatic carbocycles. The van der Waals surface area contributed by atoms with Gasteiger partial charge in [0, 0.05) is 25.1 Å². The third-order valence-corrected chi connectivity index (χ3v) is 4.78. The molecule has 0 saturated carbocycles. The van der Waals surface area contributed by atoms with Gasteiger partial charge in [-0.1, -0.05) is 50.2 Å². The highest BCUT2D eigenvalue weighted by Gasteiger charge is 2.32. The number of rotatable bonds is 7. The Morgan fingerprint density at radius 1 is 1.11 bits per heavy atom. The van der Waals surface area contributed by atoms with Gasteiger partial charge >= 0.3 is 0 Å². The quantitative estimate of drug-likeness (QED) is 0.504. The third-order valence-electron chi connectivity index (χ3n) is 4.78. The highest BCUT2D eigenvalue weighted by molar-refractivity contribution is 6.14. The molecule has 0 fully saturated rings. The SMILES string of the molecule is CC1(C)CC(=O)C(C=Nc2cccc(OCCCc3ccccc3)c2)=C(O)C1. The number of carbonyl (C=O) groups is 1. The van der Waals surface area contributed by atoms with Crippen molar-refractivity contribution in [1.82, 2.24) is 0 Å². The third kappa shape index (κ3) is 5.56. The second-order valence-electron chi connectivity index (χ2n) is 7.99. The van der Waals surface area contributed by atoms with Gasteiger partial charge in [-0.3, -0.25) is 9.79 Å². The first kappa shape index (κ1) is 19.9. The van der Waals surface area contributed by atoms with E-state index in [1.54, 1.807) is 0 Å². The summed E-state index contributed by atoms with van der Waals surface area (Å²) in [5.41, 5.74) is 2.11. The number of ketones is 1. The highest BCUT2D eigenvalue weighted by atomic mass is 16.5. The number of hydrogen-bond acceptors (Lipinski definition) is 4. The Morgan fingerprint density at radius 3 is 2.64 bits per heavy atom. The Hall–Kier alpha value is -2.88. The minimum Gasteiger partial charge on any atom is -0.511 e. The van der Waals surface area contributed by atoms with Gasteiger partial charge in [-0.15, -0.1) is 0 Å². The minimum absolute atomic E-state index is 0.0641. The summed E-state index contributed by atoms with van der Waals surface area (Å²) < 4.78 is 5.83. The van der Waals surface area contributed by atoms with E-state index in [9.17, 15) is 9.90 Å². The van der Waals surface area contributed by atoms with Crippen LogP contribution in [0.15, 0.2) is 70.9 Å². The molecule has 4 heteroatoms. The van der Waals surface area contributed by atoms with E-state index in [1.165, 1.54) is 11.8 Å². The predicted molar refractivity (Wildman–Crippen MR) is 113 cm³/mol. The topological polar surface area (TPSA) is 58.9 Å². The minimum atomic E-state index is -0.202. The fraction of sp³-hybridized carbons (Fsp3) is 0.333. The Bertz CT molecular complexity index is 882. The molecule has 4 nitrogen and oxygen atoms in total. The second kappa shape index (κ2) is 8.87. The normalized spacial score (nSPS) is 16.6. The number of allylic oxidation sites excluding steroid dienone is 2. The molecule has 2 aromatic rings. The number of nitrogens with zero attached hydrogens (tertiary/aromatic N) is 1. The number of benzene rings is 2. The van der Waals surface area contributed by atoms with E-state index in [-0.39, 0.29) is 17.0 Å². The molecular weight excluding hydrogens is 350 g/mol. The van der Waals surface area contributed by atoms with Gasteiger partial charge in [-0.25, -0.2) is 0 Å².